The van der Waals surface area contributed by atoms with Crippen molar-refractivity contribution in [1.29, 1.82) is 0 Å². The first kappa shape index (κ1) is 13.5. The van der Waals surface area contributed by atoms with Crippen LogP contribution < -0.4 is 0 Å². The Labute approximate surface area is 118 Å². The minimum absolute atomic E-state index is 0.147. The van der Waals surface area contributed by atoms with Crippen LogP contribution in [0.4, 0.5) is 0 Å². The monoisotopic (exact) mass is 279 g/mol. The molecule has 7 nitrogen and oxygen atoms in total. The van der Waals surface area contributed by atoms with Gasteiger partial charge in [0.1, 0.15) is 11.6 Å². The Morgan fingerprint density at radius 1 is 1.05 bits per heavy atom. The van der Waals surface area contributed by atoms with E-state index in [0.29, 0.717) is 0 Å². The van der Waals surface area contributed by atoms with E-state index in [9.17, 15) is 4.79 Å². The second-order valence-corrected chi connectivity index (χ2v) is 5.59. The van der Waals surface area contributed by atoms with Gasteiger partial charge in [0.05, 0.1) is 13.1 Å². The number of fused-ring (bicyclic) bond motifs is 1. The van der Waals surface area contributed by atoms with E-state index in [-0.39, 0.29) is 6.54 Å². The summed E-state index contributed by atoms with van der Waals surface area (Å²) in [5.74, 6) is 1.44. The number of aryl methyl sites for hydroxylation is 1. The molecule has 110 valence electrons. The van der Waals surface area contributed by atoms with Gasteiger partial charge in [-0.05, 0) is 12.8 Å². The fraction of sp³-hybridized carbons (Fsp3) is 0.769. The molecule has 0 unspecified atom stereocenters. The normalized spacial score (nSPS) is 20.8. The molecule has 0 saturated carbocycles. The SMILES string of the molecule is O=C(O)CN1CCN(Cc2nnc3n2CCCC3)CC1. The Bertz CT molecular complexity index is 479. The largest absolute Gasteiger partial charge is 0.480 e. The smallest absolute Gasteiger partial charge is 0.317 e. The number of piperazine rings is 1. The molecule has 0 spiro atoms. The molecule has 1 aromatic heterocycles. The summed E-state index contributed by atoms with van der Waals surface area (Å²) in [6.45, 7) is 5.43. The lowest BCUT2D eigenvalue weighted by atomic mass is 10.1. The van der Waals surface area contributed by atoms with Crippen LogP contribution in [0.3, 0.4) is 0 Å². The number of hydrogen-bond donors (Lipinski definition) is 1. The molecule has 2 aliphatic heterocycles. The number of aliphatic carboxylic acids is 1. The molecule has 3 rings (SSSR count). The van der Waals surface area contributed by atoms with Crippen molar-refractivity contribution in [3.05, 3.63) is 11.6 Å². The molecule has 0 amide bonds. The van der Waals surface area contributed by atoms with Gasteiger partial charge in [0.15, 0.2) is 0 Å². The topological polar surface area (TPSA) is 74.5 Å². The van der Waals surface area contributed by atoms with Gasteiger partial charge in [-0.25, -0.2) is 0 Å². The third-order valence-corrected chi connectivity index (χ3v) is 4.12. The van der Waals surface area contributed by atoms with Gasteiger partial charge in [0, 0.05) is 39.1 Å². The first-order valence-corrected chi connectivity index (χ1v) is 7.30. The van der Waals surface area contributed by atoms with Crippen molar-refractivity contribution in [2.75, 3.05) is 32.7 Å². The molecular formula is C13H21N5O2. The number of hydrogen-bond acceptors (Lipinski definition) is 5. The first-order chi connectivity index (χ1) is 9.72. The van der Waals surface area contributed by atoms with Crippen LogP contribution in [-0.4, -0.2) is 68.4 Å². The molecule has 7 heteroatoms. The summed E-state index contributed by atoms with van der Waals surface area (Å²) in [5.41, 5.74) is 0. The van der Waals surface area contributed by atoms with Gasteiger partial charge in [-0.1, -0.05) is 0 Å². The van der Waals surface area contributed by atoms with Crippen LogP contribution in [0.2, 0.25) is 0 Å². The number of carboxylic acids is 1. The van der Waals surface area contributed by atoms with E-state index in [4.69, 9.17) is 5.11 Å². The van der Waals surface area contributed by atoms with Gasteiger partial charge in [0.2, 0.25) is 0 Å². The molecule has 20 heavy (non-hydrogen) atoms. The number of aromatic nitrogens is 3. The number of nitrogens with zero attached hydrogens (tertiary/aromatic N) is 5. The van der Waals surface area contributed by atoms with Gasteiger partial charge in [-0.3, -0.25) is 14.6 Å². The quantitative estimate of drug-likeness (QED) is 0.824. The van der Waals surface area contributed by atoms with Gasteiger partial charge < -0.3 is 9.67 Å². The number of rotatable bonds is 4. The molecule has 1 aromatic rings. The molecule has 1 fully saturated rings. The van der Waals surface area contributed by atoms with Crippen molar-refractivity contribution in [3.8, 4) is 0 Å². The fourth-order valence-corrected chi connectivity index (χ4v) is 2.98. The molecule has 2 aliphatic rings. The van der Waals surface area contributed by atoms with E-state index in [1.165, 1.54) is 12.8 Å². The Kier molecular flexibility index (Phi) is 3.98. The highest BCUT2D eigenvalue weighted by atomic mass is 16.4. The van der Waals surface area contributed by atoms with Crippen molar-refractivity contribution in [1.82, 2.24) is 24.6 Å². The summed E-state index contributed by atoms with van der Waals surface area (Å²) in [5, 5.41) is 17.4. The van der Waals surface area contributed by atoms with Crippen LogP contribution in [-0.2, 0) is 24.3 Å². The third-order valence-electron chi connectivity index (χ3n) is 4.12. The van der Waals surface area contributed by atoms with Crippen molar-refractivity contribution >= 4 is 5.97 Å². The molecule has 1 saturated heterocycles. The van der Waals surface area contributed by atoms with E-state index in [2.05, 4.69) is 19.7 Å². The van der Waals surface area contributed by atoms with E-state index in [1.54, 1.807) is 0 Å². The van der Waals surface area contributed by atoms with Gasteiger partial charge in [0.25, 0.3) is 0 Å². The Morgan fingerprint density at radius 3 is 2.55 bits per heavy atom. The zero-order valence-corrected chi connectivity index (χ0v) is 11.7. The highest BCUT2D eigenvalue weighted by Crippen LogP contribution is 2.16. The molecule has 3 heterocycles. The highest BCUT2D eigenvalue weighted by Gasteiger charge is 2.22. The number of carboxylic acid groups (broad SMARTS) is 1. The van der Waals surface area contributed by atoms with Gasteiger partial charge in [-0.15, -0.1) is 10.2 Å². The molecule has 0 bridgehead atoms. The lowest BCUT2D eigenvalue weighted by Gasteiger charge is -2.33. The maximum absolute atomic E-state index is 10.7. The highest BCUT2D eigenvalue weighted by molar-refractivity contribution is 5.69. The second kappa shape index (κ2) is 5.88. The maximum atomic E-state index is 10.7. The molecule has 0 aromatic carbocycles. The summed E-state index contributed by atoms with van der Waals surface area (Å²) < 4.78 is 2.26. The zero-order valence-electron chi connectivity index (χ0n) is 11.7. The Balaban J connectivity index is 1.55. The Hall–Kier alpha value is -1.47. The van der Waals surface area contributed by atoms with E-state index >= 15 is 0 Å². The first-order valence-electron chi connectivity index (χ1n) is 7.30. The molecule has 1 N–H and O–H groups in total. The van der Waals surface area contributed by atoms with Crippen LogP contribution in [0, 0.1) is 0 Å². The third kappa shape index (κ3) is 2.99. The zero-order chi connectivity index (χ0) is 13.9. The average molecular weight is 279 g/mol. The van der Waals surface area contributed by atoms with Crippen molar-refractivity contribution in [2.45, 2.75) is 32.4 Å². The predicted molar refractivity (Wildman–Crippen MR) is 72.3 cm³/mol. The van der Waals surface area contributed by atoms with Crippen molar-refractivity contribution in [3.63, 3.8) is 0 Å². The Morgan fingerprint density at radius 2 is 1.80 bits per heavy atom. The van der Waals surface area contributed by atoms with Crippen LogP contribution >= 0.6 is 0 Å². The summed E-state index contributed by atoms with van der Waals surface area (Å²) in [7, 11) is 0. The second-order valence-electron chi connectivity index (χ2n) is 5.59. The maximum Gasteiger partial charge on any atom is 0.317 e. The number of carbonyl (C=O) groups is 1. The molecule has 0 aliphatic carbocycles. The summed E-state index contributed by atoms with van der Waals surface area (Å²) in [4.78, 5) is 15.0. The van der Waals surface area contributed by atoms with E-state index < -0.39 is 5.97 Å². The van der Waals surface area contributed by atoms with Crippen LogP contribution in [0.5, 0.6) is 0 Å². The van der Waals surface area contributed by atoms with Gasteiger partial charge >= 0.3 is 5.97 Å². The average Bonchev–Trinajstić information content (AvgIpc) is 2.84. The van der Waals surface area contributed by atoms with Crippen molar-refractivity contribution < 1.29 is 9.90 Å². The summed E-state index contributed by atoms with van der Waals surface area (Å²) in [6, 6.07) is 0. The fourth-order valence-electron chi connectivity index (χ4n) is 2.98. The summed E-state index contributed by atoms with van der Waals surface area (Å²) in [6.07, 6.45) is 3.47. The van der Waals surface area contributed by atoms with Crippen LogP contribution in [0.15, 0.2) is 0 Å². The van der Waals surface area contributed by atoms with Gasteiger partial charge in [-0.2, -0.15) is 0 Å². The summed E-state index contributed by atoms with van der Waals surface area (Å²) >= 11 is 0. The molecule has 0 atom stereocenters. The van der Waals surface area contributed by atoms with E-state index in [0.717, 1.165) is 57.3 Å². The lowest BCUT2D eigenvalue weighted by Crippen LogP contribution is -2.47. The van der Waals surface area contributed by atoms with E-state index in [1.807, 2.05) is 4.90 Å². The van der Waals surface area contributed by atoms with Crippen molar-refractivity contribution in [2.24, 2.45) is 0 Å². The minimum atomic E-state index is -0.745. The molecular weight excluding hydrogens is 258 g/mol. The molecule has 0 radical (unpaired) electrons. The van der Waals surface area contributed by atoms with Crippen LogP contribution in [0.1, 0.15) is 24.5 Å². The predicted octanol–water partition coefficient (Wildman–Crippen LogP) is -0.183. The van der Waals surface area contributed by atoms with Crippen LogP contribution in [0.25, 0.3) is 0 Å². The lowest BCUT2D eigenvalue weighted by molar-refractivity contribution is -0.138. The minimum Gasteiger partial charge on any atom is -0.480 e. The standard InChI is InChI=1S/C13H21N5O2/c19-13(20)10-17-7-5-16(6-8-17)9-12-15-14-11-3-1-2-4-18(11)12/h1-10H2,(H,19,20).